The molecular weight excluding hydrogens is 356 g/mol. The number of carbonyl (C=O) groups excluding carboxylic acids is 1. The first kappa shape index (κ1) is 18.4. The van der Waals surface area contributed by atoms with E-state index in [2.05, 4.69) is 25.7 Å². The summed E-state index contributed by atoms with van der Waals surface area (Å²) < 4.78 is 7.42. The van der Waals surface area contributed by atoms with Crippen LogP contribution < -0.4 is 10.6 Å². The van der Waals surface area contributed by atoms with Crippen LogP contribution in [0.5, 0.6) is 0 Å². The number of pyridine rings is 2. The number of carbonyl (C=O) groups is 1. The lowest BCUT2D eigenvalue weighted by atomic mass is 10.1. The fraction of sp³-hybridized carbons (Fsp3) is 0.400. The first-order chi connectivity index (χ1) is 13.8. The zero-order chi connectivity index (χ0) is 19.3. The average Bonchev–Trinajstić information content (AvgIpc) is 3.17. The number of fused-ring (bicyclic) bond motifs is 1. The molecule has 28 heavy (non-hydrogen) atoms. The Morgan fingerprint density at radius 3 is 3.00 bits per heavy atom. The fourth-order valence-electron chi connectivity index (χ4n) is 3.41. The van der Waals surface area contributed by atoms with E-state index in [1.54, 1.807) is 18.6 Å². The molecule has 1 aliphatic heterocycles. The van der Waals surface area contributed by atoms with Crippen LogP contribution in [0.3, 0.4) is 0 Å². The largest absolute Gasteiger partial charge is 0.379 e. The molecule has 1 amide bonds. The van der Waals surface area contributed by atoms with Crippen molar-refractivity contribution in [1.82, 2.24) is 25.1 Å². The molecule has 1 unspecified atom stereocenters. The number of rotatable bonds is 6. The summed E-state index contributed by atoms with van der Waals surface area (Å²) in [6.45, 7) is 4.51. The van der Waals surface area contributed by atoms with Crippen LogP contribution in [0, 0.1) is 0 Å². The van der Waals surface area contributed by atoms with E-state index in [9.17, 15) is 4.79 Å². The van der Waals surface area contributed by atoms with Crippen LogP contribution in [0.1, 0.15) is 35.8 Å². The van der Waals surface area contributed by atoms with E-state index in [0.717, 1.165) is 41.9 Å². The Morgan fingerprint density at radius 2 is 2.25 bits per heavy atom. The third kappa shape index (κ3) is 3.82. The van der Waals surface area contributed by atoms with Gasteiger partial charge in [-0.1, -0.05) is 6.07 Å². The Kier molecular flexibility index (Phi) is 5.48. The zero-order valence-electron chi connectivity index (χ0n) is 15.9. The summed E-state index contributed by atoms with van der Waals surface area (Å²) in [7, 11) is 0. The Bertz CT molecular complexity index is 950. The van der Waals surface area contributed by atoms with Crippen molar-refractivity contribution in [1.29, 1.82) is 0 Å². The molecule has 1 aliphatic rings. The van der Waals surface area contributed by atoms with Crippen molar-refractivity contribution >= 4 is 22.6 Å². The summed E-state index contributed by atoms with van der Waals surface area (Å²) in [6, 6.07) is 5.79. The molecule has 0 aromatic carbocycles. The highest BCUT2D eigenvalue weighted by Gasteiger charge is 2.22. The Hall–Kier alpha value is -3.00. The summed E-state index contributed by atoms with van der Waals surface area (Å²) in [6.07, 6.45) is 7.11. The molecule has 146 valence electrons. The van der Waals surface area contributed by atoms with E-state index >= 15 is 0 Å². The molecule has 2 N–H and O–H groups in total. The molecule has 4 heterocycles. The van der Waals surface area contributed by atoms with Crippen LogP contribution in [-0.2, 0) is 17.8 Å². The van der Waals surface area contributed by atoms with E-state index in [1.807, 2.05) is 29.8 Å². The third-order valence-corrected chi connectivity index (χ3v) is 4.88. The molecule has 8 nitrogen and oxygen atoms in total. The fourth-order valence-corrected chi connectivity index (χ4v) is 3.41. The molecule has 8 heteroatoms. The minimum Gasteiger partial charge on any atom is -0.379 e. The average molecular weight is 380 g/mol. The van der Waals surface area contributed by atoms with Crippen LogP contribution in [-0.4, -0.2) is 44.9 Å². The summed E-state index contributed by atoms with van der Waals surface area (Å²) in [5.41, 5.74) is 2.84. The van der Waals surface area contributed by atoms with Gasteiger partial charge in [0.25, 0.3) is 5.91 Å². The Balaban J connectivity index is 1.63. The van der Waals surface area contributed by atoms with Crippen LogP contribution in [0.4, 0.5) is 5.69 Å². The number of anilines is 1. The SMILES string of the molecule is CCn1ncc2c(NC3CCCOC3)c(C(=O)NCc3ccccn3)cnc21. The van der Waals surface area contributed by atoms with Gasteiger partial charge in [-0.25, -0.2) is 9.67 Å². The highest BCUT2D eigenvalue weighted by molar-refractivity contribution is 6.06. The molecule has 1 atom stereocenters. The molecule has 1 saturated heterocycles. The van der Waals surface area contributed by atoms with Gasteiger partial charge in [-0.2, -0.15) is 5.10 Å². The minimum absolute atomic E-state index is 0.159. The lowest BCUT2D eigenvalue weighted by Gasteiger charge is -2.25. The van der Waals surface area contributed by atoms with Crippen LogP contribution in [0.15, 0.2) is 36.8 Å². The lowest BCUT2D eigenvalue weighted by Crippen LogP contribution is -2.32. The van der Waals surface area contributed by atoms with Gasteiger partial charge in [-0.15, -0.1) is 0 Å². The van der Waals surface area contributed by atoms with Crippen molar-refractivity contribution in [2.75, 3.05) is 18.5 Å². The predicted molar refractivity (Wildman–Crippen MR) is 106 cm³/mol. The number of amides is 1. The highest BCUT2D eigenvalue weighted by Crippen LogP contribution is 2.28. The first-order valence-corrected chi connectivity index (χ1v) is 9.63. The van der Waals surface area contributed by atoms with Gasteiger partial charge >= 0.3 is 0 Å². The van der Waals surface area contributed by atoms with Crippen molar-refractivity contribution in [3.05, 3.63) is 48.0 Å². The van der Waals surface area contributed by atoms with Gasteiger partial charge in [0.2, 0.25) is 0 Å². The van der Waals surface area contributed by atoms with E-state index < -0.39 is 0 Å². The molecule has 0 bridgehead atoms. The standard InChI is InChI=1S/C20H24N6O2/c1-2-26-19-16(12-24-26)18(25-15-7-5-9-28-13-15)17(11-22-19)20(27)23-10-14-6-3-4-8-21-14/h3-4,6,8,11-12,15H,2,5,7,9-10,13H2,1H3,(H,22,25)(H,23,27). The highest BCUT2D eigenvalue weighted by atomic mass is 16.5. The molecule has 0 radical (unpaired) electrons. The topological polar surface area (TPSA) is 94.0 Å². The minimum atomic E-state index is -0.191. The van der Waals surface area contributed by atoms with Crippen LogP contribution in [0.25, 0.3) is 11.0 Å². The van der Waals surface area contributed by atoms with Crippen molar-refractivity contribution < 1.29 is 9.53 Å². The van der Waals surface area contributed by atoms with Crippen molar-refractivity contribution in [2.45, 2.75) is 38.9 Å². The lowest BCUT2D eigenvalue weighted by molar-refractivity contribution is 0.0874. The van der Waals surface area contributed by atoms with Gasteiger partial charge in [0.15, 0.2) is 5.65 Å². The molecule has 0 aliphatic carbocycles. The smallest absolute Gasteiger partial charge is 0.255 e. The van der Waals surface area contributed by atoms with Crippen molar-refractivity contribution in [3.63, 3.8) is 0 Å². The quantitative estimate of drug-likeness (QED) is 0.682. The number of aryl methyl sites for hydroxylation is 1. The maximum Gasteiger partial charge on any atom is 0.255 e. The molecular formula is C20H24N6O2. The van der Waals surface area contributed by atoms with E-state index in [4.69, 9.17) is 4.74 Å². The van der Waals surface area contributed by atoms with E-state index in [1.165, 1.54) is 0 Å². The summed E-state index contributed by atoms with van der Waals surface area (Å²) in [5.74, 6) is -0.191. The number of ether oxygens (including phenoxy) is 1. The number of aromatic nitrogens is 4. The predicted octanol–water partition coefficient (Wildman–Crippen LogP) is 2.37. The summed E-state index contributed by atoms with van der Waals surface area (Å²) in [4.78, 5) is 21.7. The number of nitrogens with one attached hydrogen (secondary N) is 2. The van der Waals surface area contributed by atoms with Gasteiger partial charge in [0.05, 0.1) is 41.7 Å². The molecule has 0 saturated carbocycles. The first-order valence-electron chi connectivity index (χ1n) is 9.63. The maximum absolute atomic E-state index is 12.9. The number of hydrogen-bond donors (Lipinski definition) is 2. The second-order valence-corrected chi connectivity index (χ2v) is 6.81. The van der Waals surface area contributed by atoms with Crippen molar-refractivity contribution in [2.24, 2.45) is 0 Å². The Morgan fingerprint density at radius 1 is 1.32 bits per heavy atom. The normalized spacial score (nSPS) is 16.8. The van der Waals surface area contributed by atoms with Gasteiger partial charge in [-0.05, 0) is 31.9 Å². The van der Waals surface area contributed by atoms with Gasteiger partial charge < -0.3 is 15.4 Å². The second kappa shape index (κ2) is 8.35. The number of nitrogens with zero attached hydrogens (tertiary/aromatic N) is 4. The van der Waals surface area contributed by atoms with Gasteiger partial charge in [0.1, 0.15) is 0 Å². The van der Waals surface area contributed by atoms with Gasteiger partial charge in [0, 0.05) is 31.6 Å². The Labute approximate surface area is 163 Å². The van der Waals surface area contributed by atoms with Crippen molar-refractivity contribution in [3.8, 4) is 0 Å². The van der Waals surface area contributed by atoms with E-state index in [-0.39, 0.29) is 11.9 Å². The second-order valence-electron chi connectivity index (χ2n) is 6.81. The molecule has 1 fully saturated rings. The summed E-state index contributed by atoms with van der Waals surface area (Å²) >= 11 is 0. The van der Waals surface area contributed by atoms with Crippen LogP contribution in [0.2, 0.25) is 0 Å². The van der Waals surface area contributed by atoms with Gasteiger partial charge in [-0.3, -0.25) is 9.78 Å². The molecule has 3 aromatic rings. The molecule has 0 spiro atoms. The molecule has 3 aromatic heterocycles. The van der Waals surface area contributed by atoms with Crippen LogP contribution >= 0.6 is 0 Å². The molecule has 4 rings (SSSR count). The summed E-state index contributed by atoms with van der Waals surface area (Å²) in [5, 5.41) is 11.7. The van der Waals surface area contributed by atoms with E-state index in [0.29, 0.717) is 25.3 Å². The number of hydrogen-bond acceptors (Lipinski definition) is 6. The zero-order valence-corrected chi connectivity index (χ0v) is 15.9. The monoisotopic (exact) mass is 380 g/mol. The maximum atomic E-state index is 12.9. The third-order valence-electron chi connectivity index (χ3n) is 4.88.